The highest BCUT2D eigenvalue weighted by Gasteiger charge is 2.30. The van der Waals surface area contributed by atoms with E-state index in [1.807, 2.05) is 41.3 Å². The van der Waals surface area contributed by atoms with Crippen molar-refractivity contribution in [2.45, 2.75) is 18.9 Å². The number of methoxy groups -OCH3 is 1. The number of carbonyl (C=O) groups excluding carboxylic acids is 1. The molecule has 6 heteroatoms. The molecule has 2 aromatic rings. The summed E-state index contributed by atoms with van der Waals surface area (Å²) in [4.78, 5) is 14.6. The zero-order valence-electron chi connectivity index (χ0n) is 14.0. The number of nitrogens with one attached hydrogen (secondary N) is 1. The number of urea groups is 1. The zero-order chi connectivity index (χ0) is 17.2. The van der Waals surface area contributed by atoms with Gasteiger partial charge in [0, 0.05) is 18.3 Å². The first kappa shape index (κ1) is 15.6. The van der Waals surface area contributed by atoms with Gasteiger partial charge in [-0.15, -0.1) is 0 Å². The van der Waals surface area contributed by atoms with E-state index in [0.717, 1.165) is 30.7 Å². The molecule has 0 bridgehead atoms. The highest BCUT2D eigenvalue weighted by Crippen LogP contribution is 2.36. The maximum Gasteiger partial charge on any atom is 0.322 e. The molecule has 0 radical (unpaired) electrons. The minimum atomic E-state index is -0.0998. The highest BCUT2D eigenvalue weighted by atomic mass is 16.7. The lowest BCUT2D eigenvalue weighted by Crippen LogP contribution is -2.34. The molecule has 0 aliphatic carbocycles. The number of carbonyl (C=O) groups is 1. The Morgan fingerprint density at radius 1 is 1.16 bits per heavy atom. The molecule has 0 aromatic heterocycles. The fraction of sp³-hybridized carbons (Fsp3) is 0.316. The summed E-state index contributed by atoms with van der Waals surface area (Å²) in [5, 5.41) is 2.96. The van der Waals surface area contributed by atoms with Gasteiger partial charge in [0.25, 0.3) is 0 Å². The highest BCUT2D eigenvalue weighted by molar-refractivity contribution is 5.90. The standard InChI is InChI=1S/C19H20N2O4/c1-23-15-7-4-13(5-8-15)16-3-2-10-21(16)19(22)20-14-6-9-17-18(11-14)25-12-24-17/h4-9,11,16H,2-3,10,12H2,1H3,(H,20,22)/t16-/m0/s1. The van der Waals surface area contributed by atoms with Gasteiger partial charge in [0.2, 0.25) is 6.79 Å². The Labute approximate surface area is 146 Å². The predicted octanol–water partition coefficient (Wildman–Crippen LogP) is 3.79. The molecule has 4 rings (SSSR count). The molecule has 0 spiro atoms. The van der Waals surface area contributed by atoms with Gasteiger partial charge in [0.15, 0.2) is 11.5 Å². The van der Waals surface area contributed by atoms with Gasteiger partial charge in [-0.2, -0.15) is 0 Å². The van der Waals surface area contributed by atoms with E-state index in [1.165, 1.54) is 0 Å². The van der Waals surface area contributed by atoms with Gasteiger partial charge in [-0.3, -0.25) is 0 Å². The van der Waals surface area contributed by atoms with Crippen LogP contribution in [-0.2, 0) is 0 Å². The van der Waals surface area contributed by atoms with Crippen LogP contribution in [0.1, 0.15) is 24.4 Å². The smallest absolute Gasteiger partial charge is 0.322 e. The first-order valence-electron chi connectivity index (χ1n) is 8.36. The number of anilines is 1. The van der Waals surface area contributed by atoms with E-state index in [2.05, 4.69) is 5.32 Å². The number of rotatable bonds is 3. The second-order valence-corrected chi connectivity index (χ2v) is 6.12. The fourth-order valence-corrected chi connectivity index (χ4v) is 3.35. The summed E-state index contributed by atoms with van der Waals surface area (Å²) < 4.78 is 15.9. The van der Waals surface area contributed by atoms with Crippen molar-refractivity contribution in [3.63, 3.8) is 0 Å². The fourth-order valence-electron chi connectivity index (χ4n) is 3.35. The molecule has 2 amide bonds. The van der Waals surface area contributed by atoms with Crippen molar-refractivity contribution in [1.29, 1.82) is 0 Å². The van der Waals surface area contributed by atoms with E-state index in [1.54, 1.807) is 13.2 Å². The van der Waals surface area contributed by atoms with Crippen LogP contribution in [-0.4, -0.2) is 31.4 Å². The normalized spacial score (nSPS) is 18.3. The molecule has 1 fully saturated rings. The number of hydrogen-bond donors (Lipinski definition) is 1. The van der Waals surface area contributed by atoms with Crippen molar-refractivity contribution in [3.05, 3.63) is 48.0 Å². The molecular formula is C19H20N2O4. The summed E-state index contributed by atoms with van der Waals surface area (Å²) in [7, 11) is 1.65. The molecule has 0 saturated carbocycles. The molecule has 1 saturated heterocycles. The molecule has 1 N–H and O–H groups in total. The summed E-state index contributed by atoms with van der Waals surface area (Å²) in [6, 6.07) is 13.3. The van der Waals surface area contributed by atoms with Gasteiger partial charge in [0.1, 0.15) is 5.75 Å². The summed E-state index contributed by atoms with van der Waals surface area (Å²) in [6.45, 7) is 0.964. The molecule has 1 atom stereocenters. The monoisotopic (exact) mass is 340 g/mol. The van der Waals surface area contributed by atoms with E-state index >= 15 is 0 Å². The minimum Gasteiger partial charge on any atom is -0.497 e. The molecule has 2 heterocycles. The van der Waals surface area contributed by atoms with Gasteiger partial charge in [-0.1, -0.05) is 12.1 Å². The molecule has 130 valence electrons. The average molecular weight is 340 g/mol. The van der Waals surface area contributed by atoms with E-state index in [0.29, 0.717) is 17.2 Å². The van der Waals surface area contributed by atoms with Crippen LogP contribution in [0.3, 0.4) is 0 Å². The molecule has 25 heavy (non-hydrogen) atoms. The van der Waals surface area contributed by atoms with Crippen LogP contribution in [0.4, 0.5) is 10.5 Å². The zero-order valence-corrected chi connectivity index (χ0v) is 14.0. The average Bonchev–Trinajstić information content (AvgIpc) is 3.30. The number of hydrogen-bond acceptors (Lipinski definition) is 4. The minimum absolute atomic E-state index is 0.0833. The Bertz CT molecular complexity index is 775. The van der Waals surface area contributed by atoms with Crippen LogP contribution >= 0.6 is 0 Å². The van der Waals surface area contributed by atoms with Crippen molar-refractivity contribution >= 4 is 11.7 Å². The number of ether oxygens (including phenoxy) is 3. The van der Waals surface area contributed by atoms with E-state index in [4.69, 9.17) is 14.2 Å². The maximum absolute atomic E-state index is 12.7. The van der Waals surface area contributed by atoms with E-state index < -0.39 is 0 Å². The van der Waals surface area contributed by atoms with Crippen molar-refractivity contribution < 1.29 is 19.0 Å². The van der Waals surface area contributed by atoms with Crippen molar-refractivity contribution in [2.75, 3.05) is 25.8 Å². The second kappa shape index (κ2) is 6.55. The molecule has 2 aliphatic heterocycles. The van der Waals surface area contributed by atoms with Gasteiger partial charge >= 0.3 is 6.03 Å². The quantitative estimate of drug-likeness (QED) is 0.923. The molecule has 6 nitrogen and oxygen atoms in total. The Kier molecular flexibility index (Phi) is 4.09. The summed E-state index contributed by atoms with van der Waals surface area (Å²) in [6.07, 6.45) is 1.95. The van der Waals surface area contributed by atoms with Crippen LogP contribution in [0.15, 0.2) is 42.5 Å². The van der Waals surface area contributed by atoms with Crippen LogP contribution in [0, 0.1) is 0 Å². The maximum atomic E-state index is 12.7. The number of benzene rings is 2. The summed E-state index contributed by atoms with van der Waals surface area (Å²) >= 11 is 0. The molecule has 2 aliphatic rings. The Morgan fingerprint density at radius 3 is 2.76 bits per heavy atom. The molecular weight excluding hydrogens is 320 g/mol. The Morgan fingerprint density at radius 2 is 1.96 bits per heavy atom. The van der Waals surface area contributed by atoms with E-state index in [9.17, 15) is 4.79 Å². The topological polar surface area (TPSA) is 60.0 Å². The number of amides is 2. The number of likely N-dealkylation sites (tertiary alicyclic amines) is 1. The van der Waals surface area contributed by atoms with Crippen LogP contribution in [0.5, 0.6) is 17.2 Å². The lowest BCUT2D eigenvalue weighted by atomic mass is 10.0. The van der Waals surface area contributed by atoms with E-state index in [-0.39, 0.29) is 18.9 Å². The first-order chi connectivity index (χ1) is 12.2. The van der Waals surface area contributed by atoms with Crippen LogP contribution in [0.25, 0.3) is 0 Å². The number of nitrogens with zero attached hydrogens (tertiary/aromatic N) is 1. The largest absolute Gasteiger partial charge is 0.497 e. The SMILES string of the molecule is COc1ccc([C@@H]2CCCN2C(=O)Nc2ccc3c(c2)OCO3)cc1. The molecule has 2 aromatic carbocycles. The lowest BCUT2D eigenvalue weighted by Gasteiger charge is -2.25. The third-order valence-electron chi connectivity index (χ3n) is 4.64. The third kappa shape index (κ3) is 3.07. The first-order valence-corrected chi connectivity index (χ1v) is 8.36. The summed E-state index contributed by atoms with van der Waals surface area (Å²) in [5.74, 6) is 2.18. The summed E-state index contributed by atoms with van der Waals surface area (Å²) in [5.41, 5.74) is 1.83. The van der Waals surface area contributed by atoms with Crippen molar-refractivity contribution in [1.82, 2.24) is 4.90 Å². The van der Waals surface area contributed by atoms with Crippen molar-refractivity contribution in [3.8, 4) is 17.2 Å². The van der Waals surface area contributed by atoms with Crippen LogP contribution in [0.2, 0.25) is 0 Å². The van der Waals surface area contributed by atoms with Crippen LogP contribution < -0.4 is 19.5 Å². The van der Waals surface area contributed by atoms with Gasteiger partial charge in [-0.25, -0.2) is 4.79 Å². The lowest BCUT2D eigenvalue weighted by molar-refractivity contribution is 0.174. The van der Waals surface area contributed by atoms with Crippen molar-refractivity contribution in [2.24, 2.45) is 0 Å². The Hall–Kier alpha value is -2.89. The predicted molar refractivity (Wildman–Crippen MR) is 93.3 cm³/mol. The number of fused-ring (bicyclic) bond motifs is 1. The Balaban J connectivity index is 1.48. The second-order valence-electron chi connectivity index (χ2n) is 6.12. The molecule has 0 unspecified atom stereocenters. The van der Waals surface area contributed by atoms with Gasteiger partial charge < -0.3 is 24.4 Å². The van der Waals surface area contributed by atoms with Gasteiger partial charge in [0.05, 0.1) is 13.2 Å². The third-order valence-corrected chi connectivity index (χ3v) is 4.64. The van der Waals surface area contributed by atoms with Gasteiger partial charge in [-0.05, 0) is 42.7 Å².